The minimum absolute atomic E-state index is 0.0388. The Morgan fingerprint density at radius 1 is 1.15 bits per heavy atom. The Morgan fingerprint density at radius 3 is 2.62 bits per heavy atom. The van der Waals surface area contributed by atoms with E-state index in [4.69, 9.17) is 9.47 Å². The highest BCUT2D eigenvalue weighted by Gasteiger charge is 2.92. The molecule has 26 heavy (non-hydrogen) atoms. The van der Waals surface area contributed by atoms with Crippen LogP contribution in [0.3, 0.4) is 0 Å². The van der Waals surface area contributed by atoms with Crippen molar-refractivity contribution in [1.82, 2.24) is 0 Å². The van der Waals surface area contributed by atoms with E-state index >= 15 is 0 Å². The van der Waals surface area contributed by atoms with Crippen molar-refractivity contribution in [2.75, 3.05) is 0 Å². The van der Waals surface area contributed by atoms with Crippen LogP contribution in [0.5, 0.6) is 0 Å². The Kier molecular flexibility index (Phi) is 2.67. The van der Waals surface area contributed by atoms with Crippen LogP contribution in [0.1, 0.15) is 46.5 Å². The second-order valence-corrected chi connectivity index (χ2v) is 10.5. The highest BCUT2D eigenvalue weighted by atomic mass is 16.8. The van der Waals surface area contributed by atoms with Gasteiger partial charge >= 0.3 is 0 Å². The van der Waals surface area contributed by atoms with Crippen molar-refractivity contribution < 1.29 is 29.6 Å². The third kappa shape index (κ3) is 1.22. The molecular weight excluding hydrogens is 336 g/mol. The van der Waals surface area contributed by atoms with Crippen LogP contribution in [0, 0.1) is 39.9 Å². The Hall–Kier alpha value is -0.530. The van der Waals surface area contributed by atoms with Crippen LogP contribution in [0.25, 0.3) is 0 Å². The van der Waals surface area contributed by atoms with E-state index in [0.29, 0.717) is 6.42 Å². The van der Waals surface area contributed by atoms with Crippen molar-refractivity contribution in [2.24, 2.45) is 39.9 Å². The normalized spacial score (nSPS) is 66.8. The summed E-state index contributed by atoms with van der Waals surface area (Å²) in [5.41, 5.74) is -2.35. The van der Waals surface area contributed by atoms with Crippen LogP contribution in [0.15, 0.2) is 0 Å². The first kappa shape index (κ1) is 16.4. The summed E-state index contributed by atoms with van der Waals surface area (Å²) in [4.78, 5) is 13.5. The fourth-order valence-corrected chi connectivity index (χ4v) is 8.75. The van der Waals surface area contributed by atoms with Crippen LogP contribution in [-0.2, 0) is 14.3 Å². The topological polar surface area (TPSA) is 96.2 Å². The third-order valence-electron chi connectivity index (χ3n) is 9.54. The lowest BCUT2D eigenvalue weighted by Crippen LogP contribution is -2.91. The maximum atomic E-state index is 13.5. The summed E-state index contributed by atoms with van der Waals surface area (Å²) in [5.74, 6) is -2.67. The van der Waals surface area contributed by atoms with Crippen LogP contribution in [0.4, 0.5) is 0 Å². The predicted octanol–water partition coefficient (Wildman–Crippen LogP) is 0.819. The lowest BCUT2D eigenvalue weighted by Gasteiger charge is -2.79. The van der Waals surface area contributed by atoms with Crippen LogP contribution < -0.4 is 0 Å². The van der Waals surface area contributed by atoms with E-state index in [1.165, 1.54) is 0 Å². The van der Waals surface area contributed by atoms with Gasteiger partial charge in [0.25, 0.3) is 0 Å². The van der Waals surface area contributed by atoms with E-state index in [-0.39, 0.29) is 34.9 Å². The van der Waals surface area contributed by atoms with Crippen molar-refractivity contribution in [3.63, 3.8) is 0 Å². The highest BCUT2D eigenvalue weighted by molar-refractivity contribution is 5.93. The molecule has 4 saturated carbocycles. The largest absolute Gasteiger partial charge is 0.392 e. The zero-order valence-electron chi connectivity index (χ0n) is 15.5. The van der Waals surface area contributed by atoms with Gasteiger partial charge in [-0.1, -0.05) is 20.8 Å². The van der Waals surface area contributed by atoms with Gasteiger partial charge in [0.15, 0.2) is 12.1 Å². The van der Waals surface area contributed by atoms with Crippen LogP contribution in [0.2, 0.25) is 0 Å². The molecule has 0 radical (unpaired) electrons. The molecule has 11 atom stereocenters. The minimum Gasteiger partial charge on any atom is -0.392 e. The third-order valence-corrected chi connectivity index (χ3v) is 9.54. The van der Waals surface area contributed by atoms with Gasteiger partial charge in [-0.2, -0.15) is 0 Å². The first-order valence-electron chi connectivity index (χ1n) is 10.1. The number of hydrogen-bond donors (Lipinski definition) is 3. The maximum absolute atomic E-state index is 13.5. The summed E-state index contributed by atoms with van der Waals surface area (Å²) in [5, 5.41) is 34.4. The average molecular weight is 364 g/mol. The Balaban J connectivity index is 1.68. The Labute approximate surface area is 152 Å². The Morgan fingerprint density at radius 2 is 1.88 bits per heavy atom. The molecule has 4 heterocycles. The molecule has 0 unspecified atom stereocenters. The number of aliphatic hydroxyl groups excluding tert-OH is 2. The molecule has 2 spiro atoms. The molecule has 6 nitrogen and oxygen atoms in total. The number of rotatable bonds is 0. The van der Waals surface area contributed by atoms with E-state index in [9.17, 15) is 20.1 Å². The van der Waals surface area contributed by atoms with Crippen molar-refractivity contribution in [3.8, 4) is 0 Å². The number of ketones is 1. The number of Topliss-reactive ketones (excluding diaryl/α,β-unsaturated/α-hetero) is 1. The molecule has 0 aromatic carbocycles. The molecule has 8 aliphatic rings. The second kappa shape index (κ2) is 4.23. The number of carbonyl (C=O) groups excluding carboxylic acids is 1. The number of carbonyl (C=O) groups is 1. The lowest BCUT2D eigenvalue weighted by atomic mass is 9.34. The molecule has 8 fully saturated rings. The van der Waals surface area contributed by atoms with Gasteiger partial charge in [-0.3, -0.25) is 4.79 Å². The fourth-order valence-electron chi connectivity index (χ4n) is 8.75. The van der Waals surface area contributed by atoms with Crippen LogP contribution >= 0.6 is 0 Å². The average Bonchev–Trinajstić information content (AvgIpc) is 2.71. The van der Waals surface area contributed by atoms with Crippen molar-refractivity contribution in [1.29, 1.82) is 0 Å². The molecule has 0 aromatic rings. The van der Waals surface area contributed by atoms with E-state index < -0.39 is 41.2 Å². The molecule has 6 heteroatoms. The first-order chi connectivity index (χ1) is 12.1. The van der Waals surface area contributed by atoms with Gasteiger partial charge in [-0.05, 0) is 42.9 Å². The summed E-state index contributed by atoms with van der Waals surface area (Å²) in [6.45, 7) is 6.09. The molecule has 8 rings (SSSR count). The highest BCUT2D eigenvalue weighted by Crippen LogP contribution is 2.81. The maximum Gasteiger partial charge on any atom is 0.210 e. The number of aliphatic hydroxyl groups is 3. The Bertz CT molecular complexity index is 721. The second-order valence-electron chi connectivity index (χ2n) is 10.5. The molecule has 4 aliphatic carbocycles. The van der Waals surface area contributed by atoms with Gasteiger partial charge in [0, 0.05) is 11.8 Å². The van der Waals surface area contributed by atoms with Gasteiger partial charge in [0.1, 0.15) is 11.5 Å². The zero-order valence-corrected chi connectivity index (χ0v) is 15.5. The van der Waals surface area contributed by atoms with E-state index in [0.717, 1.165) is 19.3 Å². The summed E-state index contributed by atoms with van der Waals surface area (Å²) in [6, 6.07) is 0. The van der Waals surface area contributed by atoms with Gasteiger partial charge < -0.3 is 24.8 Å². The van der Waals surface area contributed by atoms with E-state index in [1.807, 2.05) is 6.92 Å². The SMILES string of the molecule is C[C@@H]1C(=O)[C@@]23[C@@H]4CC[C@@H]1[C@@H]2O[C@H]1O[C@]3(O)[C@@H](O)[C@@H]2C(C)(C)CC[C@H](O)[C@]124. The first-order valence-corrected chi connectivity index (χ1v) is 10.1. The summed E-state index contributed by atoms with van der Waals surface area (Å²) >= 11 is 0. The standard InChI is InChI=1S/C20H28O6/c1-8-9-4-5-10-18-11(21)6-7-17(2,3)12(18)14(23)20(24)19(10,13(8)22)15(9)25-16(18)26-20/h8-12,14-16,21,23-24H,4-7H2,1-3H3/t8-,9-,10+,11-,12+,14-,15-,16-,18-,19-,20+/m0/s1. The number of ether oxygens (including phenoxy) is 2. The predicted molar refractivity (Wildman–Crippen MR) is 88.5 cm³/mol. The summed E-state index contributed by atoms with van der Waals surface area (Å²) in [7, 11) is 0. The smallest absolute Gasteiger partial charge is 0.210 e. The molecule has 0 aromatic heterocycles. The number of hydrogen-bond acceptors (Lipinski definition) is 6. The van der Waals surface area contributed by atoms with E-state index in [2.05, 4.69) is 13.8 Å². The van der Waals surface area contributed by atoms with Crippen LogP contribution in [-0.4, -0.2) is 51.5 Å². The van der Waals surface area contributed by atoms with Gasteiger partial charge in [-0.25, -0.2) is 0 Å². The minimum atomic E-state index is -1.91. The molecular formula is C20H28O6. The van der Waals surface area contributed by atoms with Crippen molar-refractivity contribution >= 4 is 5.78 Å². The molecule has 3 N–H and O–H groups in total. The summed E-state index contributed by atoms with van der Waals surface area (Å²) < 4.78 is 12.4. The van der Waals surface area contributed by atoms with Gasteiger partial charge in [0.05, 0.1) is 17.6 Å². The van der Waals surface area contributed by atoms with Crippen molar-refractivity contribution in [2.45, 2.75) is 76.8 Å². The zero-order chi connectivity index (χ0) is 18.4. The molecule has 0 amide bonds. The van der Waals surface area contributed by atoms with E-state index in [1.54, 1.807) is 0 Å². The quantitative estimate of drug-likeness (QED) is 0.589. The lowest BCUT2D eigenvalue weighted by molar-refractivity contribution is -0.557. The molecule has 4 aliphatic heterocycles. The summed E-state index contributed by atoms with van der Waals surface area (Å²) in [6.07, 6.45) is -0.0608. The monoisotopic (exact) mass is 364 g/mol. The fraction of sp³-hybridized carbons (Fsp3) is 0.950. The van der Waals surface area contributed by atoms with Gasteiger partial charge in [0.2, 0.25) is 5.79 Å². The molecule has 7 bridgehead atoms. The molecule has 4 saturated heterocycles. The molecule has 144 valence electrons. The van der Waals surface area contributed by atoms with Crippen molar-refractivity contribution in [3.05, 3.63) is 0 Å². The van der Waals surface area contributed by atoms with Gasteiger partial charge in [-0.15, -0.1) is 0 Å².